The first-order valence-corrected chi connectivity index (χ1v) is 9.05. The second-order valence-electron chi connectivity index (χ2n) is 6.62. The van der Waals surface area contributed by atoms with Gasteiger partial charge in [-0.3, -0.25) is 9.78 Å². The van der Waals surface area contributed by atoms with Crippen LogP contribution >= 0.6 is 0 Å². The van der Waals surface area contributed by atoms with E-state index in [-0.39, 0.29) is 12.0 Å². The first kappa shape index (κ1) is 16.7. The van der Waals surface area contributed by atoms with Crippen LogP contribution in [0.25, 0.3) is 10.9 Å². The molecule has 1 aliphatic rings. The minimum atomic E-state index is 0.197. The second-order valence-corrected chi connectivity index (χ2v) is 6.62. The average molecular weight is 326 g/mol. The molecule has 0 bridgehead atoms. The first-order chi connectivity index (χ1) is 11.7. The summed E-state index contributed by atoms with van der Waals surface area (Å²) >= 11 is 0. The molecular formula is C20H26N2O2. The van der Waals surface area contributed by atoms with Crippen molar-refractivity contribution in [3.8, 4) is 5.75 Å². The molecule has 2 aromatic rings. The maximum absolute atomic E-state index is 11.8. The summed E-state index contributed by atoms with van der Waals surface area (Å²) in [6, 6.07) is 10.4. The van der Waals surface area contributed by atoms with Crippen LogP contribution in [0.15, 0.2) is 36.5 Å². The molecule has 128 valence electrons. The van der Waals surface area contributed by atoms with Gasteiger partial charge in [-0.05, 0) is 56.4 Å². The number of carbonyl (C=O) groups is 1. The molecule has 1 N–H and O–H groups in total. The number of fused-ring (bicyclic) bond motifs is 1. The van der Waals surface area contributed by atoms with Crippen LogP contribution in [0.3, 0.4) is 0 Å². The molecule has 1 aromatic carbocycles. The number of nitrogens with zero attached hydrogens (tertiary/aromatic N) is 1. The van der Waals surface area contributed by atoms with Crippen molar-refractivity contribution < 1.29 is 9.53 Å². The van der Waals surface area contributed by atoms with Gasteiger partial charge in [0.15, 0.2) is 0 Å². The van der Waals surface area contributed by atoms with Gasteiger partial charge in [0.2, 0.25) is 5.91 Å². The highest BCUT2D eigenvalue weighted by Crippen LogP contribution is 2.26. The molecule has 0 atom stereocenters. The second kappa shape index (κ2) is 8.13. The van der Waals surface area contributed by atoms with Crippen LogP contribution in [0.1, 0.15) is 51.9 Å². The van der Waals surface area contributed by atoms with Crippen molar-refractivity contribution in [3.05, 3.63) is 36.5 Å². The van der Waals surface area contributed by atoms with Crippen LogP contribution in [0, 0.1) is 0 Å². The van der Waals surface area contributed by atoms with Gasteiger partial charge in [0, 0.05) is 24.0 Å². The molecule has 1 fully saturated rings. The Kier molecular flexibility index (Phi) is 5.68. The van der Waals surface area contributed by atoms with E-state index in [1.165, 1.54) is 0 Å². The normalized spacial score (nSPS) is 20.7. The molecule has 1 saturated carbocycles. The van der Waals surface area contributed by atoms with E-state index in [9.17, 15) is 4.79 Å². The monoisotopic (exact) mass is 326 g/mol. The van der Waals surface area contributed by atoms with Gasteiger partial charge < -0.3 is 10.1 Å². The molecule has 0 unspecified atom stereocenters. The zero-order valence-corrected chi connectivity index (χ0v) is 14.3. The Hall–Kier alpha value is -2.10. The van der Waals surface area contributed by atoms with Crippen LogP contribution in [-0.2, 0) is 4.79 Å². The quantitative estimate of drug-likeness (QED) is 0.864. The molecule has 0 aliphatic heterocycles. The summed E-state index contributed by atoms with van der Waals surface area (Å²) < 4.78 is 6.14. The van der Waals surface area contributed by atoms with Gasteiger partial charge in [-0.25, -0.2) is 0 Å². The van der Waals surface area contributed by atoms with Crippen molar-refractivity contribution in [1.82, 2.24) is 10.3 Å². The summed E-state index contributed by atoms with van der Waals surface area (Å²) in [5.74, 6) is 1.11. The van der Waals surface area contributed by atoms with E-state index in [4.69, 9.17) is 4.74 Å². The smallest absolute Gasteiger partial charge is 0.220 e. The SMILES string of the molecule is CCCCC(=O)NC1CCC(Oc2ccc3ncccc3c2)CC1. The lowest BCUT2D eigenvalue weighted by Crippen LogP contribution is -2.39. The maximum Gasteiger partial charge on any atom is 0.220 e. The van der Waals surface area contributed by atoms with Crippen LogP contribution in [-0.4, -0.2) is 23.0 Å². The van der Waals surface area contributed by atoms with Crippen molar-refractivity contribution in [3.63, 3.8) is 0 Å². The van der Waals surface area contributed by atoms with E-state index < -0.39 is 0 Å². The molecule has 3 rings (SSSR count). The summed E-state index contributed by atoms with van der Waals surface area (Å²) in [6.07, 6.45) is 8.71. The van der Waals surface area contributed by atoms with Crippen LogP contribution in [0.5, 0.6) is 5.75 Å². The van der Waals surface area contributed by atoms with E-state index in [1.807, 2.05) is 18.2 Å². The zero-order valence-electron chi connectivity index (χ0n) is 14.3. The number of hydrogen-bond donors (Lipinski definition) is 1. The molecule has 1 heterocycles. The number of rotatable bonds is 6. The number of benzene rings is 1. The summed E-state index contributed by atoms with van der Waals surface area (Å²) in [5.41, 5.74) is 0.989. The summed E-state index contributed by atoms with van der Waals surface area (Å²) in [6.45, 7) is 2.11. The number of amides is 1. The maximum atomic E-state index is 11.8. The van der Waals surface area contributed by atoms with Crippen molar-refractivity contribution in [2.45, 2.75) is 64.0 Å². The van der Waals surface area contributed by atoms with Crippen molar-refractivity contribution in [2.75, 3.05) is 0 Å². The topological polar surface area (TPSA) is 51.2 Å². The van der Waals surface area contributed by atoms with Crippen LogP contribution in [0.4, 0.5) is 0 Å². The Morgan fingerprint density at radius 3 is 2.88 bits per heavy atom. The van der Waals surface area contributed by atoms with Crippen molar-refractivity contribution >= 4 is 16.8 Å². The van der Waals surface area contributed by atoms with E-state index in [0.717, 1.165) is 55.2 Å². The number of nitrogens with one attached hydrogen (secondary N) is 1. The number of pyridine rings is 1. The highest BCUT2D eigenvalue weighted by molar-refractivity contribution is 5.79. The number of unbranched alkanes of at least 4 members (excludes halogenated alkanes) is 1. The first-order valence-electron chi connectivity index (χ1n) is 9.05. The average Bonchev–Trinajstić information content (AvgIpc) is 2.61. The van der Waals surface area contributed by atoms with Gasteiger partial charge >= 0.3 is 0 Å². The Morgan fingerprint density at radius 2 is 2.08 bits per heavy atom. The Bertz CT molecular complexity index is 678. The van der Waals surface area contributed by atoms with Gasteiger partial charge in [0.1, 0.15) is 5.75 Å². The molecule has 1 aliphatic carbocycles. The lowest BCUT2D eigenvalue weighted by atomic mass is 9.92. The van der Waals surface area contributed by atoms with Crippen molar-refractivity contribution in [1.29, 1.82) is 0 Å². The number of carbonyl (C=O) groups excluding carboxylic acids is 1. The summed E-state index contributed by atoms with van der Waals surface area (Å²) in [4.78, 5) is 16.2. The van der Waals surface area contributed by atoms with Crippen molar-refractivity contribution in [2.24, 2.45) is 0 Å². The molecule has 1 amide bonds. The minimum absolute atomic E-state index is 0.197. The van der Waals surface area contributed by atoms with Gasteiger partial charge in [-0.1, -0.05) is 19.4 Å². The van der Waals surface area contributed by atoms with E-state index in [0.29, 0.717) is 12.5 Å². The number of aromatic nitrogens is 1. The van der Waals surface area contributed by atoms with E-state index in [1.54, 1.807) is 6.20 Å². The number of hydrogen-bond acceptors (Lipinski definition) is 3. The third kappa shape index (κ3) is 4.47. The fourth-order valence-corrected chi connectivity index (χ4v) is 3.28. The van der Waals surface area contributed by atoms with Gasteiger partial charge in [0.25, 0.3) is 0 Å². The molecule has 0 radical (unpaired) electrons. The predicted octanol–water partition coefficient (Wildman–Crippen LogP) is 4.23. The summed E-state index contributed by atoms with van der Waals surface area (Å²) in [5, 5.41) is 4.26. The fourth-order valence-electron chi connectivity index (χ4n) is 3.28. The minimum Gasteiger partial charge on any atom is -0.490 e. The predicted molar refractivity (Wildman–Crippen MR) is 96.1 cm³/mol. The molecule has 1 aromatic heterocycles. The molecular weight excluding hydrogens is 300 g/mol. The fraction of sp³-hybridized carbons (Fsp3) is 0.500. The third-order valence-corrected chi connectivity index (χ3v) is 4.67. The highest BCUT2D eigenvalue weighted by Gasteiger charge is 2.23. The Labute approximate surface area is 143 Å². The van der Waals surface area contributed by atoms with Gasteiger partial charge in [0.05, 0.1) is 11.6 Å². The molecule has 24 heavy (non-hydrogen) atoms. The van der Waals surface area contributed by atoms with Crippen LogP contribution in [0.2, 0.25) is 0 Å². The molecule has 4 nitrogen and oxygen atoms in total. The molecule has 4 heteroatoms. The molecule has 0 spiro atoms. The Morgan fingerprint density at radius 1 is 1.25 bits per heavy atom. The lowest BCUT2D eigenvalue weighted by Gasteiger charge is -2.29. The standard InChI is InChI=1S/C20H26N2O2/c1-2-3-6-20(23)22-16-7-9-17(10-8-16)24-18-11-12-19-15(14-18)5-4-13-21-19/h4-5,11-14,16-17H,2-3,6-10H2,1H3,(H,22,23). The van der Waals surface area contributed by atoms with Gasteiger partial charge in [-0.15, -0.1) is 0 Å². The van der Waals surface area contributed by atoms with E-state index >= 15 is 0 Å². The summed E-state index contributed by atoms with van der Waals surface area (Å²) in [7, 11) is 0. The zero-order chi connectivity index (χ0) is 16.8. The van der Waals surface area contributed by atoms with Gasteiger partial charge in [-0.2, -0.15) is 0 Å². The largest absolute Gasteiger partial charge is 0.490 e. The number of ether oxygens (including phenoxy) is 1. The lowest BCUT2D eigenvalue weighted by molar-refractivity contribution is -0.122. The van der Waals surface area contributed by atoms with E-state index in [2.05, 4.69) is 29.4 Å². The third-order valence-electron chi connectivity index (χ3n) is 4.67. The Balaban J connectivity index is 1.48. The highest BCUT2D eigenvalue weighted by atomic mass is 16.5. The van der Waals surface area contributed by atoms with Crippen LogP contribution < -0.4 is 10.1 Å². The molecule has 0 saturated heterocycles.